The van der Waals surface area contributed by atoms with E-state index < -0.39 is 6.10 Å². The molecule has 1 aliphatic rings. The number of nitrogens with one attached hydrogen (secondary N) is 1. The first-order valence-electron chi connectivity index (χ1n) is 7.67. The molecule has 0 aliphatic carbocycles. The van der Waals surface area contributed by atoms with Gasteiger partial charge in [-0.05, 0) is 53.8 Å². The summed E-state index contributed by atoms with van der Waals surface area (Å²) in [5, 5.41) is 2.88. The number of para-hydroxylation sites is 3. The van der Waals surface area contributed by atoms with E-state index in [-0.39, 0.29) is 18.2 Å². The van der Waals surface area contributed by atoms with Crippen LogP contribution in [0.1, 0.15) is 13.3 Å². The number of anilines is 2. The van der Waals surface area contributed by atoms with Gasteiger partial charge in [0.05, 0.1) is 11.4 Å². The molecule has 2 amide bonds. The molecule has 1 unspecified atom stereocenters. The molecular formula is C18H17IN2O3. The molecule has 5 nitrogen and oxygen atoms in total. The topological polar surface area (TPSA) is 58.6 Å². The van der Waals surface area contributed by atoms with Crippen LogP contribution in [0.5, 0.6) is 5.75 Å². The highest BCUT2D eigenvalue weighted by Crippen LogP contribution is 2.33. The summed E-state index contributed by atoms with van der Waals surface area (Å²) >= 11 is 2.18. The molecule has 0 saturated heterocycles. The monoisotopic (exact) mass is 436 g/mol. The maximum atomic E-state index is 12.4. The first-order chi connectivity index (χ1) is 11.6. The highest BCUT2D eigenvalue weighted by molar-refractivity contribution is 14.1. The molecule has 2 aromatic rings. The Balaban J connectivity index is 1.68. The third kappa shape index (κ3) is 3.53. The van der Waals surface area contributed by atoms with Gasteiger partial charge in [0.15, 0.2) is 6.10 Å². The van der Waals surface area contributed by atoms with Gasteiger partial charge >= 0.3 is 0 Å². The van der Waals surface area contributed by atoms with E-state index >= 15 is 0 Å². The second-order valence-electron chi connectivity index (χ2n) is 5.50. The molecule has 1 N–H and O–H groups in total. The molecule has 0 radical (unpaired) electrons. The van der Waals surface area contributed by atoms with E-state index in [1.807, 2.05) is 48.5 Å². The fourth-order valence-corrected chi connectivity index (χ4v) is 3.10. The summed E-state index contributed by atoms with van der Waals surface area (Å²) in [4.78, 5) is 26.2. The Morgan fingerprint density at radius 2 is 1.92 bits per heavy atom. The number of rotatable bonds is 4. The van der Waals surface area contributed by atoms with Gasteiger partial charge in [-0.15, -0.1) is 0 Å². The molecule has 0 spiro atoms. The largest absolute Gasteiger partial charge is 0.479 e. The Hall–Kier alpha value is -2.09. The Bertz CT molecular complexity index is 778. The SMILES string of the molecule is CC1Oc2ccccc2N(CCC(=O)Nc2ccccc2I)C1=O. The van der Waals surface area contributed by atoms with Crippen LogP contribution in [0.2, 0.25) is 0 Å². The van der Waals surface area contributed by atoms with Crippen molar-refractivity contribution in [3.05, 3.63) is 52.1 Å². The average molecular weight is 436 g/mol. The van der Waals surface area contributed by atoms with Gasteiger partial charge in [-0.2, -0.15) is 0 Å². The van der Waals surface area contributed by atoms with Gasteiger partial charge in [0.1, 0.15) is 5.75 Å². The van der Waals surface area contributed by atoms with E-state index in [9.17, 15) is 9.59 Å². The fourth-order valence-electron chi connectivity index (χ4n) is 2.58. The van der Waals surface area contributed by atoms with Crippen LogP contribution in [0.3, 0.4) is 0 Å². The van der Waals surface area contributed by atoms with Gasteiger partial charge in [-0.3, -0.25) is 9.59 Å². The number of halogens is 1. The van der Waals surface area contributed by atoms with Crippen molar-refractivity contribution in [1.29, 1.82) is 0 Å². The van der Waals surface area contributed by atoms with Crippen molar-refractivity contribution in [2.75, 3.05) is 16.8 Å². The summed E-state index contributed by atoms with van der Waals surface area (Å²) in [5.74, 6) is 0.418. The summed E-state index contributed by atoms with van der Waals surface area (Å²) in [6.07, 6.45) is -0.323. The summed E-state index contributed by atoms with van der Waals surface area (Å²) in [7, 11) is 0. The minimum atomic E-state index is -0.543. The molecule has 1 heterocycles. The number of benzene rings is 2. The molecule has 0 fully saturated rings. The number of amides is 2. The maximum absolute atomic E-state index is 12.4. The average Bonchev–Trinajstić information content (AvgIpc) is 2.57. The highest BCUT2D eigenvalue weighted by Gasteiger charge is 2.31. The van der Waals surface area contributed by atoms with Gasteiger partial charge in [-0.25, -0.2) is 0 Å². The van der Waals surface area contributed by atoms with Crippen LogP contribution in [0.15, 0.2) is 48.5 Å². The zero-order valence-electron chi connectivity index (χ0n) is 13.2. The van der Waals surface area contributed by atoms with Gasteiger partial charge in [-0.1, -0.05) is 24.3 Å². The summed E-state index contributed by atoms with van der Waals surface area (Å²) in [5.41, 5.74) is 1.49. The molecule has 6 heteroatoms. The molecule has 1 aliphatic heterocycles. The van der Waals surface area contributed by atoms with Crippen LogP contribution in [-0.2, 0) is 9.59 Å². The molecule has 2 aromatic carbocycles. The zero-order chi connectivity index (χ0) is 17.1. The van der Waals surface area contributed by atoms with Crippen molar-refractivity contribution < 1.29 is 14.3 Å². The summed E-state index contributed by atoms with van der Waals surface area (Å²) in [6.45, 7) is 2.04. The number of ether oxygens (including phenoxy) is 1. The van der Waals surface area contributed by atoms with Crippen LogP contribution < -0.4 is 15.0 Å². The molecule has 0 saturated carbocycles. The van der Waals surface area contributed by atoms with Crippen LogP contribution in [0, 0.1) is 3.57 Å². The van der Waals surface area contributed by atoms with E-state index in [1.165, 1.54) is 0 Å². The molecule has 3 rings (SSSR count). The van der Waals surface area contributed by atoms with Crippen molar-refractivity contribution >= 4 is 45.8 Å². The highest BCUT2D eigenvalue weighted by atomic mass is 127. The Morgan fingerprint density at radius 3 is 2.71 bits per heavy atom. The van der Waals surface area contributed by atoms with Crippen LogP contribution in [0.4, 0.5) is 11.4 Å². The van der Waals surface area contributed by atoms with Crippen molar-refractivity contribution in [3.63, 3.8) is 0 Å². The smallest absolute Gasteiger partial charge is 0.267 e. The number of carbonyl (C=O) groups is 2. The lowest BCUT2D eigenvalue weighted by molar-refractivity contribution is -0.125. The standard InChI is InChI=1S/C18H17IN2O3/c1-12-18(23)21(15-8-4-5-9-16(15)24-12)11-10-17(22)20-14-7-3-2-6-13(14)19/h2-9,12H,10-11H2,1H3,(H,20,22). The Morgan fingerprint density at radius 1 is 1.21 bits per heavy atom. The Labute approximate surface area is 154 Å². The number of hydrogen-bond donors (Lipinski definition) is 1. The van der Waals surface area contributed by atoms with Crippen LogP contribution in [-0.4, -0.2) is 24.5 Å². The minimum Gasteiger partial charge on any atom is -0.479 e. The van der Waals surface area contributed by atoms with E-state index in [0.717, 1.165) is 9.26 Å². The molecule has 1 atom stereocenters. The normalized spacial score (nSPS) is 16.3. The van der Waals surface area contributed by atoms with Gasteiger partial charge in [0.25, 0.3) is 5.91 Å². The van der Waals surface area contributed by atoms with Crippen LogP contribution >= 0.6 is 22.6 Å². The van der Waals surface area contributed by atoms with E-state index in [2.05, 4.69) is 27.9 Å². The fraction of sp³-hybridized carbons (Fsp3) is 0.222. The number of hydrogen-bond acceptors (Lipinski definition) is 3. The van der Waals surface area contributed by atoms with Crippen molar-refractivity contribution in [2.45, 2.75) is 19.4 Å². The molecule has 0 aromatic heterocycles. The van der Waals surface area contributed by atoms with E-state index in [1.54, 1.807) is 11.8 Å². The lowest BCUT2D eigenvalue weighted by Crippen LogP contribution is -2.45. The van der Waals surface area contributed by atoms with E-state index in [0.29, 0.717) is 18.0 Å². The predicted octanol–water partition coefficient (Wildman–Crippen LogP) is 3.43. The third-order valence-corrected chi connectivity index (χ3v) is 4.72. The lowest BCUT2D eigenvalue weighted by atomic mass is 10.1. The molecular weight excluding hydrogens is 419 g/mol. The second-order valence-corrected chi connectivity index (χ2v) is 6.66. The molecule has 24 heavy (non-hydrogen) atoms. The maximum Gasteiger partial charge on any atom is 0.267 e. The quantitative estimate of drug-likeness (QED) is 0.748. The summed E-state index contributed by atoms with van der Waals surface area (Å²) < 4.78 is 6.58. The van der Waals surface area contributed by atoms with E-state index in [4.69, 9.17) is 4.74 Å². The minimum absolute atomic E-state index is 0.122. The summed E-state index contributed by atoms with van der Waals surface area (Å²) in [6, 6.07) is 15.0. The van der Waals surface area contributed by atoms with Crippen molar-refractivity contribution in [2.24, 2.45) is 0 Å². The molecule has 124 valence electrons. The second kappa shape index (κ2) is 7.21. The first-order valence-corrected chi connectivity index (χ1v) is 8.75. The number of nitrogens with zero attached hydrogens (tertiary/aromatic N) is 1. The number of fused-ring (bicyclic) bond motifs is 1. The van der Waals surface area contributed by atoms with Gasteiger partial charge in [0, 0.05) is 16.5 Å². The van der Waals surface area contributed by atoms with Gasteiger partial charge < -0.3 is 15.0 Å². The Kier molecular flexibility index (Phi) is 5.03. The van der Waals surface area contributed by atoms with Crippen molar-refractivity contribution in [1.82, 2.24) is 0 Å². The molecule has 0 bridgehead atoms. The number of carbonyl (C=O) groups excluding carboxylic acids is 2. The predicted molar refractivity (Wildman–Crippen MR) is 101 cm³/mol. The van der Waals surface area contributed by atoms with Crippen molar-refractivity contribution in [3.8, 4) is 5.75 Å². The van der Waals surface area contributed by atoms with Crippen LogP contribution in [0.25, 0.3) is 0 Å². The van der Waals surface area contributed by atoms with Gasteiger partial charge in [0.2, 0.25) is 5.91 Å². The third-order valence-electron chi connectivity index (χ3n) is 3.78. The first kappa shape index (κ1) is 16.8. The lowest BCUT2D eigenvalue weighted by Gasteiger charge is -2.32. The zero-order valence-corrected chi connectivity index (χ0v) is 15.3.